The van der Waals surface area contributed by atoms with Gasteiger partial charge < -0.3 is 25.1 Å². The zero-order valence-electron chi connectivity index (χ0n) is 16.9. The zero-order chi connectivity index (χ0) is 19.8. The van der Waals surface area contributed by atoms with Gasteiger partial charge in [0, 0.05) is 25.4 Å². The van der Waals surface area contributed by atoms with Gasteiger partial charge in [-0.1, -0.05) is 12.1 Å². The van der Waals surface area contributed by atoms with Gasteiger partial charge in [-0.2, -0.15) is 0 Å². The Hall–Kier alpha value is -2.07. The number of guanidine groups is 1. The van der Waals surface area contributed by atoms with Crippen LogP contribution in [-0.2, 0) is 11.3 Å². The second kappa shape index (κ2) is 11.2. The monoisotopic (exact) mass is 512 g/mol. The van der Waals surface area contributed by atoms with Crippen LogP contribution in [0.4, 0.5) is 5.69 Å². The van der Waals surface area contributed by atoms with Gasteiger partial charge in [-0.05, 0) is 56.5 Å². The first-order valence-corrected chi connectivity index (χ1v) is 9.68. The number of hydrogen-bond donors (Lipinski definition) is 3. The number of halogens is 1. The third-order valence-electron chi connectivity index (χ3n) is 4.65. The SMILES string of the molecule is CCNC(=NCc1ccc(NC(=O)c2ccco2)cc1)NCC1(C)CCCO1.I. The van der Waals surface area contributed by atoms with Crippen molar-refractivity contribution in [2.75, 3.05) is 25.0 Å². The lowest BCUT2D eigenvalue weighted by Gasteiger charge is -2.24. The molecule has 1 atom stereocenters. The highest BCUT2D eigenvalue weighted by Crippen LogP contribution is 2.23. The molecule has 1 saturated heterocycles. The summed E-state index contributed by atoms with van der Waals surface area (Å²) in [6.07, 6.45) is 3.64. The van der Waals surface area contributed by atoms with Crippen LogP contribution in [0.5, 0.6) is 0 Å². The van der Waals surface area contributed by atoms with E-state index in [-0.39, 0.29) is 41.2 Å². The lowest BCUT2D eigenvalue weighted by atomic mass is 10.0. The Morgan fingerprint density at radius 1 is 1.21 bits per heavy atom. The fourth-order valence-corrected chi connectivity index (χ4v) is 3.05. The van der Waals surface area contributed by atoms with Gasteiger partial charge in [-0.3, -0.25) is 4.79 Å². The molecule has 1 unspecified atom stereocenters. The van der Waals surface area contributed by atoms with E-state index in [1.54, 1.807) is 12.1 Å². The molecule has 1 fully saturated rings. The van der Waals surface area contributed by atoms with Crippen LogP contribution in [-0.4, -0.2) is 37.2 Å². The molecule has 3 rings (SSSR count). The van der Waals surface area contributed by atoms with Crippen LogP contribution >= 0.6 is 24.0 Å². The third kappa shape index (κ3) is 7.04. The highest BCUT2D eigenvalue weighted by molar-refractivity contribution is 14.0. The Kier molecular flexibility index (Phi) is 8.97. The second-order valence-electron chi connectivity index (χ2n) is 7.08. The van der Waals surface area contributed by atoms with Crippen molar-refractivity contribution in [3.05, 3.63) is 54.0 Å². The summed E-state index contributed by atoms with van der Waals surface area (Å²) in [6, 6.07) is 10.9. The number of furan rings is 1. The van der Waals surface area contributed by atoms with E-state index in [4.69, 9.17) is 9.15 Å². The molecule has 2 aromatic rings. The van der Waals surface area contributed by atoms with Crippen molar-refractivity contribution in [1.82, 2.24) is 10.6 Å². The van der Waals surface area contributed by atoms with Crippen LogP contribution < -0.4 is 16.0 Å². The minimum absolute atomic E-state index is 0. The number of nitrogens with zero attached hydrogens (tertiary/aromatic N) is 1. The molecular weight excluding hydrogens is 483 g/mol. The summed E-state index contributed by atoms with van der Waals surface area (Å²) in [5.41, 5.74) is 1.64. The largest absolute Gasteiger partial charge is 0.459 e. The molecule has 8 heteroatoms. The van der Waals surface area contributed by atoms with Crippen LogP contribution in [0.25, 0.3) is 0 Å². The lowest BCUT2D eigenvalue weighted by Crippen LogP contribution is -2.45. The number of benzene rings is 1. The van der Waals surface area contributed by atoms with Gasteiger partial charge in [-0.15, -0.1) is 24.0 Å². The van der Waals surface area contributed by atoms with Crippen molar-refractivity contribution in [1.29, 1.82) is 0 Å². The fourth-order valence-electron chi connectivity index (χ4n) is 3.05. The molecule has 0 saturated carbocycles. The molecule has 1 amide bonds. The van der Waals surface area contributed by atoms with E-state index >= 15 is 0 Å². The van der Waals surface area contributed by atoms with Gasteiger partial charge in [0.25, 0.3) is 5.91 Å². The Labute approximate surface area is 188 Å². The van der Waals surface area contributed by atoms with Crippen LogP contribution in [0.1, 0.15) is 42.8 Å². The lowest BCUT2D eigenvalue weighted by molar-refractivity contribution is 0.0243. The first-order chi connectivity index (χ1) is 13.6. The van der Waals surface area contributed by atoms with E-state index in [2.05, 4.69) is 27.9 Å². The van der Waals surface area contributed by atoms with Crippen LogP contribution in [0, 0.1) is 0 Å². The molecule has 0 radical (unpaired) electrons. The number of anilines is 1. The topological polar surface area (TPSA) is 87.9 Å². The summed E-state index contributed by atoms with van der Waals surface area (Å²) in [5, 5.41) is 9.44. The molecule has 29 heavy (non-hydrogen) atoms. The smallest absolute Gasteiger partial charge is 0.291 e. The van der Waals surface area contributed by atoms with Gasteiger partial charge in [0.1, 0.15) is 0 Å². The molecule has 7 nitrogen and oxygen atoms in total. The highest BCUT2D eigenvalue weighted by atomic mass is 127. The number of aliphatic imine (C=N–C) groups is 1. The van der Waals surface area contributed by atoms with Crippen LogP contribution in [0.3, 0.4) is 0 Å². The molecule has 0 spiro atoms. The third-order valence-corrected chi connectivity index (χ3v) is 4.65. The summed E-state index contributed by atoms with van der Waals surface area (Å²) < 4.78 is 10.9. The Balaban J connectivity index is 0.00000300. The maximum atomic E-state index is 12.0. The average Bonchev–Trinajstić information content (AvgIpc) is 3.38. The summed E-state index contributed by atoms with van der Waals surface area (Å²) in [6.45, 7) is 7.07. The van der Waals surface area contributed by atoms with E-state index in [0.717, 1.165) is 44.1 Å². The summed E-state index contributed by atoms with van der Waals surface area (Å²) in [7, 11) is 0. The Morgan fingerprint density at radius 3 is 2.62 bits per heavy atom. The number of carbonyl (C=O) groups is 1. The number of carbonyl (C=O) groups excluding carboxylic acids is 1. The van der Waals surface area contributed by atoms with E-state index < -0.39 is 0 Å². The number of hydrogen-bond acceptors (Lipinski definition) is 4. The molecule has 1 aromatic heterocycles. The quantitative estimate of drug-likeness (QED) is 0.299. The molecule has 3 N–H and O–H groups in total. The van der Waals surface area contributed by atoms with Crippen molar-refractivity contribution in [3.63, 3.8) is 0 Å². The van der Waals surface area contributed by atoms with E-state index in [1.807, 2.05) is 31.2 Å². The van der Waals surface area contributed by atoms with Crippen molar-refractivity contribution in [3.8, 4) is 0 Å². The number of ether oxygens (including phenoxy) is 1. The van der Waals surface area contributed by atoms with Crippen LogP contribution in [0.2, 0.25) is 0 Å². The van der Waals surface area contributed by atoms with Crippen molar-refractivity contribution in [2.24, 2.45) is 4.99 Å². The summed E-state index contributed by atoms with van der Waals surface area (Å²) in [4.78, 5) is 16.6. The predicted octanol–water partition coefficient (Wildman–Crippen LogP) is 3.77. The first kappa shape index (κ1) is 23.2. The molecule has 0 bridgehead atoms. The predicted molar refractivity (Wildman–Crippen MR) is 125 cm³/mol. The summed E-state index contributed by atoms with van der Waals surface area (Å²) >= 11 is 0. The maximum absolute atomic E-state index is 12.0. The van der Waals surface area contributed by atoms with Gasteiger partial charge >= 0.3 is 0 Å². The van der Waals surface area contributed by atoms with Gasteiger partial charge in [-0.25, -0.2) is 4.99 Å². The molecular formula is C21H29IN4O3. The van der Waals surface area contributed by atoms with Crippen molar-refractivity contribution >= 4 is 41.5 Å². The maximum Gasteiger partial charge on any atom is 0.291 e. The number of nitrogens with one attached hydrogen (secondary N) is 3. The standard InChI is InChI=1S/C21H28N4O3.HI/c1-3-22-20(24-15-21(2)11-5-13-28-21)23-14-16-7-9-17(10-8-16)25-19(26)18-6-4-12-27-18;/h4,6-10,12H,3,5,11,13-15H2,1-2H3,(H,25,26)(H2,22,23,24);1H. The van der Waals surface area contributed by atoms with Crippen molar-refractivity contribution < 1.29 is 13.9 Å². The molecule has 158 valence electrons. The van der Waals surface area contributed by atoms with E-state index in [1.165, 1.54) is 6.26 Å². The minimum atomic E-state index is -0.267. The van der Waals surface area contributed by atoms with E-state index in [0.29, 0.717) is 12.2 Å². The fraction of sp³-hybridized carbons (Fsp3) is 0.429. The molecule has 1 aliphatic heterocycles. The van der Waals surface area contributed by atoms with Gasteiger partial charge in [0.05, 0.1) is 18.4 Å². The Bertz CT molecular complexity index is 785. The van der Waals surface area contributed by atoms with Gasteiger partial charge in [0.2, 0.25) is 0 Å². The average molecular weight is 512 g/mol. The molecule has 1 aromatic carbocycles. The van der Waals surface area contributed by atoms with E-state index in [9.17, 15) is 4.79 Å². The molecule has 2 heterocycles. The number of amides is 1. The molecule has 0 aliphatic carbocycles. The summed E-state index contributed by atoms with van der Waals surface area (Å²) in [5.74, 6) is 0.793. The second-order valence-corrected chi connectivity index (χ2v) is 7.08. The van der Waals surface area contributed by atoms with Crippen molar-refractivity contribution in [2.45, 2.75) is 38.8 Å². The normalized spacial score (nSPS) is 18.8. The number of rotatable bonds is 7. The van der Waals surface area contributed by atoms with Gasteiger partial charge in [0.15, 0.2) is 11.7 Å². The zero-order valence-corrected chi connectivity index (χ0v) is 19.2. The first-order valence-electron chi connectivity index (χ1n) is 9.68. The minimum Gasteiger partial charge on any atom is -0.459 e. The highest BCUT2D eigenvalue weighted by Gasteiger charge is 2.29. The Morgan fingerprint density at radius 2 is 2.00 bits per heavy atom. The van der Waals surface area contributed by atoms with Crippen LogP contribution in [0.15, 0.2) is 52.1 Å². The molecule has 1 aliphatic rings.